The van der Waals surface area contributed by atoms with Crippen LogP contribution in [-0.4, -0.2) is 62.6 Å². The summed E-state index contributed by atoms with van der Waals surface area (Å²) >= 11 is 0. The standard InChI is InChI=1S/C16H31NO6Si/c1-6-14(24(21-7-2,22-8-3)23-9-4)15(19)16(20)11-10-12-17(16)13(5)18/h14,20H,6-12H2,1-5H3. The van der Waals surface area contributed by atoms with Crippen LogP contribution >= 0.6 is 0 Å². The lowest BCUT2D eigenvalue weighted by atomic mass is 10.0. The second-order valence-corrected chi connectivity index (χ2v) is 8.59. The SMILES string of the molecule is CCO[Si](OCC)(OCC)C(CC)C(=O)C1(O)CCCN1C(C)=O. The number of amides is 1. The number of aliphatic hydroxyl groups is 1. The highest BCUT2D eigenvalue weighted by atomic mass is 28.4. The molecular weight excluding hydrogens is 330 g/mol. The van der Waals surface area contributed by atoms with E-state index in [-0.39, 0.29) is 12.3 Å². The molecule has 0 spiro atoms. The molecule has 0 saturated carbocycles. The Morgan fingerprint density at radius 2 is 1.62 bits per heavy atom. The lowest BCUT2D eigenvalue weighted by Crippen LogP contribution is -2.60. The Hall–Kier alpha value is -0.803. The van der Waals surface area contributed by atoms with Crippen LogP contribution < -0.4 is 0 Å². The summed E-state index contributed by atoms with van der Waals surface area (Å²) in [5.74, 6) is -0.741. The maximum absolute atomic E-state index is 13.2. The number of rotatable bonds is 10. The third kappa shape index (κ3) is 4.05. The van der Waals surface area contributed by atoms with Crippen molar-refractivity contribution in [2.24, 2.45) is 0 Å². The van der Waals surface area contributed by atoms with E-state index in [2.05, 4.69) is 0 Å². The zero-order valence-electron chi connectivity index (χ0n) is 15.5. The molecule has 0 radical (unpaired) electrons. The molecule has 1 N–H and O–H groups in total. The first-order chi connectivity index (χ1) is 11.3. The number of hydrogen-bond donors (Lipinski definition) is 1. The van der Waals surface area contributed by atoms with Gasteiger partial charge >= 0.3 is 8.80 Å². The van der Waals surface area contributed by atoms with Gasteiger partial charge in [-0.25, -0.2) is 0 Å². The first-order valence-electron chi connectivity index (χ1n) is 8.79. The number of ketones is 1. The van der Waals surface area contributed by atoms with E-state index in [1.54, 1.807) is 0 Å². The molecule has 1 aliphatic heterocycles. The molecule has 1 fully saturated rings. The fraction of sp³-hybridized carbons (Fsp3) is 0.875. The monoisotopic (exact) mass is 361 g/mol. The van der Waals surface area contributed by atoms with Gasteiger partial charge in [-0.15, -0.1) is 0 Å². The van der Waals surface area contributed by atoms with Crippen LogP contribution in [0.3, 0.4) is 0 Å². The molecule has 2 atom stereocenters. The fourth-order valence-corrected chi connectivity index (χ4v) is 6.50. The Morgan fingerprint density at radius 1 is 1.12 bits per heavy atom. The number of Topliss-reactive ketones (excluding diaryl/α,β-unsaturated/α-hetero) is 1. The van der Waals surface area contributed by atoms with Crippen LogP contribution in [-0.2, 0) is 22.9 Å². The molecule has 0 aromatic carbocycles. The van der Waals surface area contributed by atoms with Crippen molar-refractivity contribution in [2.45, 2.75) is 65.1 Å². The van der Waals surface area contributed by atoms with Gasteiger partial charge in [-0.2, -0.15) is 0 Å². The largest absolute Gasteiger partial charge is 0.512 e. The van der Waals surface area contributed by atoms with Crippen LogP contribution in [0.15, 0.2) is 0 Å². The van der Waals surface area contributed by atoms with Gasteiger partial charge in [0.2, 0.25) is 11.6 Å². The van der Waals surface area contributed by atoms with Crippen LogP contribution in [0.4, 0.5) is 0 Å². The van der Waals surface area contributed by atoms with Crippen molar-refractivity contribution in [1.82, 2.24) is 4.90 Å². The van der Waals surface area contributed by atoms with Crippen molar-refractivity contribution in [2.75, 3.05) is 26.4 Å². The van der Waals surface area contributed by atoms with E-state index >= 15 is 0 Å². The quantitative estimate of drug-likeness (QED) is 0.596. The normalized spacial score (nSPS) is 22.7. The van der Waals surface area contributed by atoms with Crippen LogP contribution in [0.5, 0.6) is 0 Å². The first-order valence-corrected chi connectivity index (χ1v) is 10.6. The lowest BCUT2D eigenvalue weighted by Gasteiger charge is -2.39. The van der Waals surface area contributed by atoms with Gasteiger partial charge in [0.15, 0.2) is 5.78 Å². The maximum Gasteiger partial charge on any atom is 0.512 e. The average Bonchev–Trinajstić information content (AvgIpc) is 2.92. The minimum atomic E-state index is -3.31. The molecular formula is C16H31NO6Si. The summed E-state index contributed by atoms with van der Waals surface area (Å²) in [6.45, 7) is 10.1. The molecule has 1 rings (SSSR count). The molecule has 1 aliphatic rings. The van der Waals surface area contributed by atoms with Crippen molar-refractivity contribution in [3.63, 3.8) is 0 Å². The van der Waals surface area contributed by atoms with E-state index in [4.69, 9.17) is 13.3 Å². The molecule has 1 heterocycles. The second-order valence-electron chi connectivity index (χ2n) is 5.82. The van der Waals surface area contributed by atoms with Crippen LogP contribution in [0.2, 0.25) is 5.54 Å². The summed E-state index contributed by atoms with van der Waals surface area (Å²) in [6, 6.07) is 0. The Labute approximate surface area is 145 Å². The molecule has 8 heteroatoms. The molecule has 1 amide bonds. The summed E-state index contributed by atoms with van der Waals surface area (Å²) in [5.41, 5.74) is -2.50. The highest BCUT2D eigenvalue weighted by Crippen LogP contribution is 2.38. The molecule has 0 aromatic heterocycles. The van der Waals surface area contributed by atoms with Gasteiger partial charge in [0.05, 0.1) is 5.54 Å². The summed E-state index contributed by atoms with van der Waals surface area (Å²) < 4.78 is 17.5. The number of hydrogen-bond acceptors (Lipinski definition) is 6. The van der Waals surface area contributed by atoms with Gasteiger partial charge in [0, 0.05) is 39.7 Å². The summed E-state index contributed by atoms with van der Waals surface area (Å²) in [6.07, 6.45) is 1.24. The van der Waals surface area contributed by atoms with E-state index in [0.717, 1.165) is 0 Å². The summed E-state index contributed by atoms with van der Waals surface area (Å²) in [5, 5.41) is 11.0. The van der Waals surface area contributed by atoms with E-state index in [1.165, 1.54) is 11.8 Å². The molecule has 1 saturated heterocycles. The molecule has 0 bridgehead atoms. The molecule has 0 aliphatic carbocycles. The Balaban J connectivity index is 3.23. The van der Waals surface area contributed by atoms with E-state index in [1.807, 2.05) is 27.7 Å². The van der Waals surface area contributed by atoms with Gasteiger partial charge in [-0.1, -0.05) is 6.92 Å². The molecule has 24 heavy (non-hydrogen) atoms. The maximum atomic E-state index is 13.2. The van der Waals surface area contributed by atoms with E-state index in [0.29, 0.717) is 39.2 Å². The highest BCUT2D eigenvalue weighted by Gasteiger charge is 2.59. The van der Waals surface area contributed by atoms with Crippen molar-refractivity contribution < 1.29 is 28.0 Å². The third-order valence-electron chi connectivity index (χ3n) is 4.32. The number of carbonyl (C=O) groups is 2. The lowest BCUT2D eigenvalue weighted by molar-refractivity contribution is -0.166. The van der Waals surface area contributed by atoms with Crippen molar-refractivity contribution in [3.05, 3.63) is 0 Å². The smallest absolute Gasteiger partial charge is 0.373 e. The van der Waals surface area contributed by atoms with Gasteiger partial charge in [-0.3, -0.25) is 9.59 Å². The van der Waals surface area contributed by atoms with Gasteiger partial charge in [0.25, 0.3) is 0 Å². The van der Waals surface area contributed by atoms with Crippen molar-refractivity contribution in [3.8, 4) is 0 Å². The zero-order chi connectivity index (χ0) is 18.4. The molecule has 140 valence electrons. The van der Waals surface area contributed by atoms with Crippen LogP contribution in [0, 0.1) is 0 Å². The second kappa shape index (κ2) is 9.05. The first kappa shape index (κ1) is 21.2. The Kier molecular flexibility index (Phi) is 8.01. The topological polar surface area (TPSA) is 85.3 Å². The molecule has 0 aromatic rings. The highest BCUT2D eigenvalue weighted by molar-refractivity contribution is 6.66. The minimum absolute atomic E-state index is 0.233. The van der Waals surface area contributed by atoms with Crippen molar-refractivity contribution >= 4 is 20.5 Å². The average molecular weight is 362 g/mol. The number of nitrogens with zero attached hydrogens (tertiary/aromatic N) is 1. The fourth-order valence-electron chi connectivity index (χ4n) is 3.38. The molecule has 7 nitrogen and oxygen atoms in total. The van der Waals surface area contributed by atoms with Crippen molar-refractivity contribution in [1.29, 1.82) is 0 Å². The number of carbonyl (C=O) groups excluding carboxylic acids is 2. The van der Waals surface area contributed by atoms with Gasteiger partial charge < -0.3 is 23.3 Å². The van der Waals surface area contributed by atoms with Crippen LogP contribution in [0.25, 0.3) is 0 Å². The van der Waals surface area contributed by atoms with E-state index < -0.39 is 25.9 Å². The minimum Gasteiger partial charge on any atom is -0.373 e. The van der Waals surface area contributed by atoms with Gasteiger partial charge in [0.1, 0.15) is 0 Å². The van der Waals surface area contributed by atoms with Gasteiger partial charge in [-0.05, 0) is 33.6 Å². The summed E-state index contributed by atoms with van der Waals surface area (Å²) in [7, 11) is -3.31. The Morgan fingerprint density at radius 3 is 2.00 bits per heavy atom. The zero-order valence-corrected chi connectivity index (χ0v) is 16.5. The third-order valence-corrected chi connectivity index (χ3v) is 7.91. The predicted octanol–water partition coefficient (Wildman–Crippen LogP) is 1.71. The van der Waals surface area contributed by atoms with Crippen LogP contribution in [0.1, 0.15) is 53.9 Å². The predicted molar refractivity (Wildman–Crippen MR) is 91.3 cm³/mol. The van der Waals surface area contributed by atoms with E-state index in [9.17, 15) is 14.7 Å². The summed E-state index contributed by atoms with van der Waals surface area (Å²) in [4.78, 5) is 26.3. The number of likely N-dealkylation sites (tertiary alicyclic amines) is 1. The molecule has 2 unspecified atom stereocenters. The Bertz CT molecular complexity index is 429.